The van der Waals surface area contributed by atoms with Crippen LogP contribution in [0.15, 0.2) is 0 Å². The minimum atomic E-state index is -0.759. The molecule has 1 saturated carbocycles. The van der Waals surface area contributed by atoms with E-state index in [-0.39, 0.29) is 23.8 Å². The summed E-state index contributed by atoms with van der Waals surface area (Å²) in [6.45, 7) is 2.11. The van der Waals surface area contributed by atoms with Crippen molar-refractivity contribution in [2.24, 2.45) is 11.8 Å². The highest BCUT2D eigenvalue weighted by molar-refractivity contribution is 7.11. The van der Waals surface area contributed by atoms with Gasteiger partial charge in [-0.2, -0.15) is 0 Å². The molecule has 2 aliphatic rings. The molecule has 0 aliphatic heterocycles. The molecule has 1 N–H and O–H groups in total. The van der Waals surface area contributed by atoms with Crippen LogP contribution in [0.1, 0.15) is 67.1 Å². The highest BCUT2D eigenvalue weighted by atomic mass is 32.1. The molecule has 1 heterocycles. The average Bonchev–Trinajstić information content (AvgIpc) is 3.03. The van der Waals surface area contributed by atoms with Gasteiger partial charge in [0.25, 0.3) is 0 Å². The van der Waals surface area contributed by atoms with Crippen LogP contribution in [-0.2, 0) is 22.4 Å². The number of amides is 1. The molecule has 1 amide bonds. The van der Waals surface area contributed by atoms with Crippen LogP contribution in [0, 0.1) is 11.8 Å². The standard InChI is InChI=1S/C18H26N2O3S/c1-3-15-19-13-8-5-9-14(16(13)24-15)20(2)17(21)11-6-4-7-12(10-11)18(22)23/h11-12,14H,3-10H2,1-2H3,(H,22,23). The predicted molar refractivity (Wildman–Crippen MR) is 93.0 cm³/mol. The zero-order valence-electron chi connectivity index (χ0n) is 14.5. The molecule has 0 saturated heterocycles. The highest BCUT2D eigenvalue weighted by Crippen LogP contribution is 2.39. The number of thiazole rings is 1. The third kappa shape index (κ3) is 3.34. The molecule has 1 fully saturated rings. The lowest BCUT2D eigenvalue weighted by atomic mass is 9.80. The lowest BCUT2D eigenvalue weighted by Gasteiger charge is -2.35. The van der Waals surface area contributed by atoms with E-state index in [4.69, 9.17) is 4.98 Å². The average molecular weight is 350 g/mol. The molecule has 0 spiro atoms. The summed E-state index contributed by atoms with van der Waals surface area (Å²) in [6.07, 6.45) is 6.82. The van der Waals surface area contributed by atoms with E-state index in [2.05, 4.69) is 6.92 Å². The molecule has 5 nitrogen and oxygen atoms in total. The first-order chi connectivity index (χ1) is 11.5. The number of aryl methyl sites for hydroxylation is 2. The molecule has 24 heavy (non-hydrogen) atoms. The van der Waals surface area contributed by atoms with Crippen molar-refractivity contribution in [2.75, 3.05) is 7.05 Å². The Labute approximate surface area is 147 Å². The van der Waals surface area contributed by atoms with E-state index in [9.17, 15) is 14.7 Å². The summed E-state index contributed by atoms with van der Waals surface area (Å²) in [7, 11) is 1.89. The molecule has 0 radical (unpaired) electrons. The van der Waals surface area contributed by atoms with E-state index < -0.39 is 5.97 Å². The molecule has 132 valence electrons. The second-order valence-electron chi connectivity index (χ2n) is 7.03. The fourth-order valence-corrected chi connectivity index (χ4v) is 5.28. The van der Waals surface area contributed by atoms with Crippen molar-refractivity contribution in [3.8, 4) is 0 Å². The van der Waals surface area contributed by atoms with E-state index >= 15 is 0 Å². The summed E-state index contributed by atoms with van der Waals surface area (Å²) in [5.41, 5.74) is 1.17. The van der Waals surface area contributed by atoms with Gasteiger partial charge in [0, 0.05) is 13.0 Å². The first-order valence-corrected chi connectivity index (χ1v) is 9.80. The van der Waals surface area contributed by atoms with Gasteiger partial charge >= 0.3 is 5.97 Å². The molecule has 3 rings (SSSR count). The van der Waals surface area contributed by atoms with Crippen LogP contribution in [0.4, 0.5) is 0 Å². The molecule has 2 aliphatic carbocycles. The summed E-state index contributed by atoms with van der Waals surface area (Å²) >= 11 is 1.74. The number of carbonyl (C=O) groups is 2. The van der Waals surface area contributed by atoms with Crippen LogP contribution in [0.5, 0.6) is 0 Å². The summed E-state index contributed by atoms with van der Waals surface area (Å²) < 4.78 is 0. The normalized spacial score (nSPS) is 26.7. The quantitative estimate of drug-likeness (QED) is 0.903. The number of carbonyl (C=O) groups excluding carboxylic acids is 1. The largest absolute Gasteiger partial charge is 0.481 e. The number of aliphatic carboxylic acids is 1. The first-order valence-electron chi connectivity index (χ1n) is 8.99. The molecule has 1 aromatic rings. The molecule has 3 unspecified atom stereocenters. The van der Waals surface area contributed by atoms with Gasteiger partial charge < -0.3 is 10.0 Å². The number of carboxylic acid groups (broad SMARTS) is 1. The van der Waals surface area contributed by atoms with Crippen LogP contribution in [-0.4, -0.2) is 33.9 Å². The summed E-state index contributed by atoms with van der Waals surface area (Å²) in [5.74, 6) is -1.15. The lowest BCUT2D eigenvalue weighted by Crippen LogP contribution is -2.39. The predicted octanol–water partition coefficient (Wildman–Crippen LogP) is 3.43. The summed E-state index contributed by atoms with van der Waals surface area (Å²) in [6, 6.07) is 0.115. The first kappa shape index (κ1) is 17.4. The molecule has 6 heteroatoms. The number of rotatable bonds is 4. The van der Waals surface area contributed by atoms with E-state index in [0.717, 1.165) is 43.5 Å². The highest BCUT2D eigenvalue weighted by Gasteiger charge is 2.36. The Morgan fingerprint density at radius 2 is 2.00 bits per heavy atom. The van der Waals surface area contributed by atoms with Gasteiger partial charge in [-0.1, -0.05) is 13.3 Å². The Bertz CT molecular complexity index is 628. The monoisotopic (exact) mass is 350 g/mol. The molecular weight excluding hydrogens is 324 g/mol. The van der Waals surface area contributed by atoms with Crippen LogP contribution >= 0.6 is 11.3 Å². The molecule has 3 atom stereocenters. The number of fused-ring (bicyclic) bond motifs is 1. The van der Waals surface area contributed by atoms with Crippen molar-refractivity contribution < 1.29 is 14.7 Å². The fourth-order valence-electron chi connectivity index (χ4n) is 4.05. The van der Waals surface area contributed by atoms with Crippen molar-refractivity contribution >= 4 is 23.2 Å². The lowest BCUT2D eigenvalue weighted by molar-refractivity contribution is -0.145. The van der Waals surface area contributed by atoms with Crippen LogP contribution in [0.3, 0.4) is 0 Å². The van der Waals surface area contributed by atoms with Gasteiger partial charge in [0.15, 0.2) is 0 Å². The van der Waals surface area contributed by atoms with Crippen molar-refractivity contribution in [3.05, 3.63) is 15.6 Å². The Balaban J connectivity index is 1.74. The van der Waals surface area contributed by atoms with E-state index in [1.54, 1.807) is 11.3 Å². The van der Waals surface area contributed by atoms with Gasteiger partial charge in [0.1, 0.15) is 0 Å². The Kier molecular flexibility index (Phi) is 5.23. The number of hydrogen-bond donors (Lipinski definition) is 1. The zero-order chi connectivity index (χ0) is 17.3. The Hall–Kier alpha value is -1.43. The van der Waals surface area contributed by atoms with Crippen molar-refractivity contribution in [1.82, 2.24) is 9.88 Å². The third-order valence-corrected chi connectivity index (χ3v) is 6.80. The van der Waals surface area contributed by atoms with E-state index in [1.165, 1.54) is 10.6 Å². The second-order valence-corrected chi connectivity index (χ2v) is 8.14. The van der Waals surface area contributed by atoms with Crippen molar-refractivity contribution in [2.45, 2.75) is 64.3 Å². The van der Waals surface area contributed by atoms with Gasteiger partial charge in [-0.25, -0.2) is 4.98 Å². The van der Waals surface area contributed by atoms with Crippen LogP contribution in [0.2, 0.25) is 0 Å². The molecule has 1 aromatic heterocycles. The summed E-state index contributed by atoms with van der Waals surface area (Å²) in [5, 5.41) is 10.4. The number of hydrogen-bond acceptors (Lipinski definition) is 4. The minimum absolute atomic E-state index is 0.115. The maximum atomic E-state index is 13.0. The van der Waals surface area contributed by atoms with Gasteiger partial charge in [-0.3, -0.25) is 9.59 Å². The SMILES string of the molecule is CCc1nc2c(s1)C(N(C)C(=O)C1CCCC(C(=O)O)C1)CCC2. The fraction of sp³-hybridized carbons (Fsp3) is 0.722. The van der Waals surface area contributed by atoms with Crippen molar-refractivity contribution in [1.29, 1.82) is 0 Å². The van der Waals surface area contributed by atoms with Gasteiger partial charge in [0.2, 0.25) is 5.91 Å². The van der Waals surface area contributed by atoms with Gasteiger partial charge in [-0.15, -0.1) is 11.3 Å². The molecule has 0 aromatic carbocycles. The van der Waals surface area contributed by atoms with Gasteiger partial charge in [-0.05, 0) is 44.9 Å². The maximum absolute atomic E-state index is 13.0. The Morgan fingerprint density at radius 1 is 1.25 bits per heavy atom. The maximum Gasteiger partial charge on any atom is 0.306 e. The number of carboxylic acids is 1. The van der Waals surface area contributed by atoms with Crippen LogP contribution < -0.4 is 0 Å². The van der Waals surface area contributed by atoms with E-state index in [1.807, 2.05) is 11.9 Å². The summed E-state index contributed by atoms with van der Waals surface area (Å²) in [4.78, 5) is 32.1. The molecule has 0 bridgehead atoms. The van der Waals surface area contributed by atoms with Crippen LogP contribution in [0.25, 0.3) is 0 Å². The van der Waals surface area contributed by atoms with Gasteiger partial charge in [0.05, 0.1) is 27.5 Å². The van der Waals surface area contributed by atoms with Crippen molar-refractivity contribution in [3.63, 3.8) is 0 Å². The second kappa shape index (κ2) is 7.21. The Morgan fingerprint density at radius 3 is 2.71 bits per heavy atom. The topological polar surface area (TPSA) is 70.5 Å². The number of nitrogens with zero attached hydrogens (tertiary/aromatic N) is 2. The zero-order valence-corrected chi connectivity index (χ0v) is 15.3. The number of aromatic nitrogens is 1. The van der Waals surface area contributed by atoms with E-state index in [0.29, 0.717) is 12.8 Å². The molecular formula is C18H26N2O3S. The smallest absolute Gasteiger partial charge is 0.306 e. The third-order valence-electron chi connectivity index (χ3n) is 5.46. The minimum Gasteiger partial charge on any atom is -0.481 e.